The summed E-state index contributed by atoms with van der Waals surface area (Å²) in [5.74, 6) is -1.35. The van der Waals surface area contributed by atoms with E-state index in [1.807, 2.05) is 13.8 Å². The van der Waals surface area contributed by atoms with Gasteiger partial charge in [-0.3, -0.25) is 4.79 Å². The average Bonchev–Trinajstić information content (AvgIpc) is 2.53. The van der Waals surface area contributed by atoms with E-state index in [0.717, 1.165) is 0 Å². The van der Waals surface area contributed by atoms with E-state index in [9.17, 15) is 14.4 Å². The zero-order valence-corrected chi connectivity index (χ0v) is 14.5. The molecule has 1 aromatic rings. The number of rotatable bonds is 4. The summed E-state index contributed by atoms with van der Waals surface area (Å²) >= 11 is 0. The highest BCUT2D eigenvalue weighted by Crippen LogP contribution is 2.16. The highest BCUT2D eigenvalue weighted by Gasteiger charge is 2.32. The number of carbonyl (C=O) groups excluding carboxylic acids is 2. The number of ether oxygens (including phenoxy) is 1. The Bertz CT molecular complexity index is 644. The molecule has 0 saturated carbocycles. The predicted molar refractivity (Wildman–Crippen MR) is 91.6 cm³/mol. The van der Waals surface area contributed by atoms with Gasteiger partial charge >= 0.3 is 12.0 Å². The molecule has 0 aromatic heterocycles. The molecule has 8 heteroatoms. The lowest BCUT2D eigenvalue weighted by Crippen LogP contribution is -2.51. The van der Waals surface area contributed by atoms with Gasteiger partial charge in [-0.2, -0.15) is 0 Å². The van der Waals surface area contributed by atoms with Crippen LogP contribution < -0.4 is 10.6 Å². The van der Waals surface area contributed by atoms with Gasteiger partial charge in [-0.05, 0) is 45.0 Å². The monoisotopic (exact) mass is 349 g/mol. The minimum atomic E-state index is -1.08. The number of carboxylic acid groups (broad SMARTS) is 1. The Morgan fingerprint density at radius 1 is 1.20 bits per heavy atom. The van der Waals surface area contributed by atoms with E-state index in [1.165, 1.54) is 4.90 Å². The molecular weight excluding hydrogens is 326 g/mol. The van der Waals surface area contributed by atoms with E-state index >= 15 is 0 Å². The Balaban J connectivity index is 2.02. The van der Waals surface area contributed by atoms with Crippen molar-refractivity contribution in [1.29, 1.82) is 0 Å². The lowest BCUT2D eigenvalue weighted by Gasteiger charge is -2.35. The van der Waals surface area contributed by atoms with Gasteiger partial charge in [0.05, 0.1) is 12.6 Å². The van der Waals surface area contributed by atoms with Crippen LogP contribution in [-0.4, -0.2) is 59.3 Å². The number of aliphatic carboxylic acids is 1. The second-order valence-corrected chi connectivity index (χ2v) is 6.31. The summed E-state index contributed by atoms with van der Waals surface area (Å²) in [6.07, 6.45) is -1.37. The van der Waals surface area contributed by atoms with Gasteiger partial charge in [0.25, 0.3) is 5.91 Å². The minimum absolute atomic E-state index is 0.00923. The summed E-state index contributed by atoms with van der Waals surface area (Å²) in [5.41, 5.74) is 0.988. The average molecular weight is 349 g/mol. The first-order chi connectivity index (χ1) is 11.8. The number of carbonyl (C=O) groups is 3. The summed E-state index contributed by atoms with van der Waals surface area (Å²) in [4.78, 5) is 36.8. The van der Waals surface area contributed by atoms with Crippen molar-refractivity contribution in [3.63, 3.8) is 0 Å². The summed E-state index contributed by atoms with van der Waals surface area (Å²) in [6.45, 7) is 5.79. The number of hydrogen-bond acceptors (Lipinski definition) is 4. The normalized spacial score (nSPS) is 20.2. The number of amides is 3. The molecule has 3 N–H and O–H groups in total. The predicted octanol–water partition coefficient (Wildman–Crippen LogP) is 1.53. The van der Waals surface area contributed by atoms with Gasteiger partial charge in [-0.25, -0.2) is 9.59 Å². The third-order valence-corrected chi connectivity index (χ3v) is 3.63. The first-order valence-electron chi connectivity index (χ1n) is 8.11. The van der Waals surface area contributed by atoms with Crippen LogP contribution in [0.3, 0.4) is 0 Å². The molecule has 1 aliphatic heterocycles. The quantitative estimate of drug-likeness (QED) is 0.764. The molecule has 1 aromatic carbocycles. The molecule has 3 amide bonds. The molecule has 25 heavy (non-hydrogen) atoms. The zero-order valence-electron chi connectivity index (χ0n) is 14.5. The van der Waals surface area contributed by atoms with Gasteiger partial charge in [0, 0.05) is 23.8 Å². The van der Waals surface area contributed by atoms with E-state index in [0.29, 0.717) is 17.8 Å². The maximum atomic E-state index is 12.6. The smallest absolute Gasteiger partial charge is 0.334 e. The van der Waals surface area contributed by atoms with Crippen molar-refractivity contribution < 1.29 is 24.2 Å². The van der Waals surface area contributed by atoms with Crippen LogP contribution in [0.2, 0.25) is 0 Å². The van der Waals surface area contributed by atoms with Crippen LogP contribution in [0.15, 0.2) is 24.3 Å². The van der Waals surface area contributed by atoms with Gasteiger partial charge in [-0.15, -0.1) is 0 Å². The second-order valence-electron chi connectivity index (χ2n) is 6.31. The molecule has 8 nitrogen and oxygen atoms in total. The fourth-order valence-corrected chi connectivity index (χ4v) is 2.56. The molecule has 0 aliphatic carbocycles. The molecular formula is C17H23N3O5. The number of nitrogens with one attached hydrogen (secondary N) is 2. The number of anilines is 1. The lowest BCUT2D eigenvalue weighted by atomic mass is 10.1. The van der Waals surface area contributed by atoms with E-state index in [2.05, 4.69) is 10.6 Å². The van der Waals surface area contributed by atoms with Crippen molar-refractivity contribution in [2.45, 2.75) is 39.0 Å². The van der Waals surface area contributed by atoms with Crippen molar-refractivity contribution in [3.8, 4) is 0 Å². The molecule has 1 heterocycles. The summed E-state index contributed by atoms with van der Waals surface area (Å²) < 4.78 is 5.31. The fourth-order valence-electron chi connectivity index (χ4n) is 2.56. The molecule has 2 atom stereocenters. The van der Waals surface area contributed by atoms with Crippen molar-refractivity contribution in [2.24, 2.45) is 0 Å². The van der Waals surface area contributed by atoms with Crippen molar-refractivity contribution in [3.05, 3.63) is 29.8 Å². The number of carboxylic acids is 1. The third-order valence-electron chi connectivity index (χ3n) is 3.63. The first kappa shape index (κ1) is 18.7. The lowest BCUT2D eigenvalue weighted by molar-refractivity contribution is -0.160. The van der Waals surface area contributed by atoms with Crippen LogP contribution >= 0.6 is 0 Å². The number of morpholine rings is 1. The van der Waals surface area contributed by atoms with Gasteiger partial charge < -0.3 is 25.4 Å². The Kier molecular flexibility index (Phi) is 5.97. The highest BCUT2D eigenvalue weighted by atomic mass is 16.5. The Labute approximate surface area is 146 Å². The maximum absolute atomic E-state index is 12.6. The van der Waals surface area contributed by atoms with Crippen LogP contribution in [0.4, 0.5) is 10.5 Å². The zero-order chi connectivity index (χ0) is 18.6. The number of benzene rings is 1. The minimum Gasteiger partial charge on any atom is -0.479 e. The van der Waals surface area contributed by atoms with Crippen molar-refractivity contribution >= 4 is 23.6 Å². The third kappa shape index (κ3) is 5.18. The van der Waals surface area contributed by atoms with Gasteiger partial charge in [-0.1, -0.05) is 0 Å². The van der Waals surface area contributed by atoms with E-state index in [-0.39, 0.29) is 30.6 Å². The second kappa shape index (κ2) is 7.98. The van der Waals surface area contributed by atoms with Crippen LogP contribution in [-0.2, 0) is 9.53 Å². The SMILES string of the molecule is CC(C)NC(=O)Nc1ccc(C(=O)N2CC(C(=O)O)O[C@H](C)C2)cc1. The highest BCUT2D eigenvalue weighted by molar-refractivity contribution is 5.96. The van der Waals surface area contributed by atoms with Crippen LogP contribution in [0.5, 0.6) is 0 Å². The van der Waals surface area contributed by atoms with E-state index in [1.54, 1.807) is 31.2 Å². The number of hydrogen-bond donors (Lipinski definition) is 3. The molecule has 0 bridgehead atoms. The molecule has 136 valence electrons. The van der Waals surface area contributed by atoms with Gasteiger partial charge in [0.1, 0.15) is 0 Å². The standard InChI is InChI=1S/C17H23N3O5/c1-10(2)18-17(24)19-13-6-4-12(5-7-13)15(21)20-8-11(3)25-14(9-20)16(22)23/h4-7,10-11,14H,8-9H2,1-3H3,(H,22,23)(H2,18,19,24)/t11-,14?/m1/s1. The Morgan fingerprint density at radius 3 is 2.40 bits per heavy atom. The molecule has 0 spiro atoms. The molecule has 0 radical (unpaired) electrons. The topological polar surface area (TPSA) is 108 Å². The Hall–Kier alpha value is -2.61. The van der Waals surface area contributed by atoms with Crippen LogP contribution in [0, 0.1) is 0 Å². The van der Waals surface area contributed by atoms with E-state index in [4.69, 9.17) is 9.84 Å². The summed E-state index contributed by atoms with van der Waals surface area (Å²) in [6, 6.07) is 6.16. The molecule has 1 saturated heterocycles. The number of nitrogens with zero attached hydrogens (tertiary/aromatic N) is 1. The van der Waals surface area contributed by atoms with Crippen molar-refractivity contribution in [2.75, 3.05) is 18.4 Å². The number of urea groups is 1. The van der Waals surface area contributed by atoms with Gasteiger partial charge in [0.15, 0.2) is 6.10 Å². The molecule has 1 fully saturated rings. The van der Waals surface area contributed by atoms with Crippen LogP contribution in [0.25, 0.3) is 0 Å². The molecule has 1 unspecified atom stereocenters. The first-order valence-corrected chi connectivity index (χ1v) is 8.11. The van der Waals surface area contributed by atoms with Crippen molar-refractivity contribution in [1.82, 2.24) is 10.2 Å². The summed E-state index contributed by atoms with van der Waals surface area (Å²) in [7, 11) is 0. The van der Waals surface area contributed by atoms with Gasteiger partial charge in [0.2, 0.25) is 0 Å². The Morgan fingerprint density at radius 2 is 1.84 bits per heavy atom. The van der Waals surface area contributed by atoms with Crippen LogP contribution in [0.1, 0.15) is 31.1 Å². The largest absolute Gasteiger partial charge is 0.479 e. The molecule has 1 aliphatic rings. The maximum Gasteiger partial charge on any atom is 0.334 e. The fraction of sp³-hybridized carbons (Fsp3) is 0.471. The summed E-state index contributed by atoms with van der Waals surface area (Å²) in [5, 5.41) is 14.5. The van der Waals surface area contributed by atoms with E-state index < -0.39 is 12.1 Å². The molecule has 2 rings (SSSR count).